The second-order valence-electron chi connectivity index (χ2n) is 9.10. The van der Waals surface area contributed by atoms with Crippen molar-refractivity contribution in [2.75, 3.05) is 0 Å². The van der Waals surface area contributed by atoms with Crippen LogP contribution >= 0.6 is 11.6 Å². The zero-order chi connectivity index (χ0) is 19.7. The molecule has 1 rings (SSSR count). The molecule has 0 bridgehead atoms. The monoisotopic (exact) mass is 378 g/mol. The van der Waals surface area contributed by atoms with Gasteiger partial charge >= 0.3 is 0 Å². The van der Waals surface area contributed by atoms with E-state index in [0.717, 1.165) is 5.02 Å². The Morgan fingerprint density at radius 1 is 0.769 bits per heavy atom. The minimum absolute atomic E-state index is 0.271. The van der Waals surface area contributed by atoms with Gasteiger partial charge in [-0.15, -0.1) is 0 Å². The number of hydrogen-bond donors (Lipinski definition) is 0. The maximum Gasteiger partial charge on any atom is 0.0411 e. The third-order valence-corrected chi connectivity index (χ3v) is 6.14. The summed E-state index contributed by atoms with van der Waals surface area (Å²) in [6, 6.07) is 4.50. The minimum atomic E-state index is 0.271. The van der Waals surface area contributed by atoms with Gasteiger partial charge in [0.15, 0.2) is 0 Å². The molecular weight excluding hydrogens is 336 g/mol. The standard InChI is InChI=1S/C25H43Cl/c1-8-10-12-14-16-25(7,15-13-11-9-2)24-22(19(3)4)17-21(26)18-23(24)20(5)6/h17-20H,8-16H2,1-7H3. The zero-order valence-electron chi connectivity index (χ0n) is 18.6. The normalized spacial score (nSPS) is 14.2. The molecule has 0 spiro atoms. The van der Waals surface area contributed by atoms with Crippen molar-refractivity contribution in [2.24, 2.45) is 0 Å². The summed E-state index contributed by atoms with van der Waals surface area (Å²) in [6.07, 6.45) is 11.9. The van der Waals surface area contributed by atoms with Crippen LogP contribution in [0.4, 0.5) is 0 Å². The Bertz CT molecular complexity index is 500. The van der Waals surface area contributed by atoms with E-state index in [1.54, 1.807) is 5.56 Å². The first-order chi connectivity index (χ1) is 12.3. The van der Waals surface area contributed by atoms with Crippen molar-refractivity contribution in [2.45, 2.75) is 124 Å². The van der Waals surface area contributed by atoms with Crippen molar-refractivity contribution >= 4 is 11.6 Å². The molecule has 0 N–H and O–H groups in total. The van der Waals surface area contributed by atoms with Crippen LogP contribution in [0.15, 0.2) is 12.1 Å². The smallest absolute Gasteiger partial charge is 0.0411 e. The van der Waals surface area contributed by atoms with Gasteiger partial charge in [0, 0.05) is 5.02 Å². The van der Waals surface area contributed by atoms with E-state index < -0.39 is 0 Å². The number of hydrogen-bond acceptors (Lipinski definition) is 0. The minimum Gasteiger partial charge on any atom is -0.0843 e. The van der Waals surface area contributed by atoms with Gasteiger partial charge < -0.3 is 0 Å². The molecule has 0 aliphatic heterocycles. The van der Waals surface area contributed by atoms with Gasteiger partial charge in [0.1, 0.15) is 0 Å². The van der Waals surface area contributed by atoms with Gasteiger partial charge in [-0.05, 0) is 58.9 Å². The SMILES string of the molecule is CCCCCCC(C)(CCCCC)c1c(C(C)C)cc(Cl)cc1C(C)C. The van der Waals surface area contributed by atoms with Gasteiger partial charge in [-0.25, -0.2) is 0 Å². The predicted molar refractivity (Wildman–Crippen MR) is 120 cm³/mol. The Morgan fingerprint density at radius 3 is 1.62 bits per heavy atom. The number of unbranched alkanes of at least 4 members (excludes halogenated alkanes) is 5. The first kappa shape index (κ1) is 23.5. The molecule has 1 atom stereocenters. The maximum absolute atomic E-state index is 6.53. The van der Waals surface area contributed by atoms with Crippen molar-refractivity contribution in [3.05, 3.63) is 33.8 Å². The van der Waals surface area contributed by atoms with Gasteiger partial charge in [0.05, 0.1) is 0 Å². The summed E-state index contributed by atoms with van der Waals surface area (Å²) in [5.41, 5.74) is 4.86. The third kappa shape index (κ3) is 6.59. The van der Waals surface area contributed by atoms with Crippen molar-refractivity contribution in [3.63, 3.8) is 0 Å². The fraction of sp³-hybridized carbons (Fsp3) is 0.760. The van der Waals surface area contributed by atoms with E-state index >= 15 is 0 Å². The molecule has 0 aliphatic rings. The summed E-state index contributed by atoms with van der Waals surface area (Å²) in [5, 5.41) is 0.906. The topological polar surface area (TPSA) is 0 Å². The first-order valence-corrected chi connectivity index (χ1v) is 11.5. The van der Waals surface area contributed by atoms with Crippen LogP contribution in [-0.4, -0.2) is 0 Å². The molecule has 26 heavy (non-hydrogen) atoms. The van der Waals surface area contributed by atoms with Gasteiger partial charge in [-0.2, -0.15) is 0 Å². The highest BCUT2D eigenvalue weighted by Gasteiger charge is 2.32. The summed E-state index contributed by atoms with van der Waals surface area (Å²) in [4.78, 5) is 0. The van der Waals surface area contributed by atoms with E-state index in [-0.39, 0.29) is 5.41 Å². The van der Waals surface area contributed by atoms with Crippen molar-refractivity contribution < 1.29 is 0 Å². The predicted octanol–water partition coefficient (Wildman–Crippen LogP) is 9.40. The largest absolute Gasteiger partial charge is 0.0843 e. The quantitative estimate of drug-likeness (QED) is 0.317. The fourth-order valence-corrected chi connectivity index (χ4v) is 4.57. The lowest BCUT2D eigenvalue weighted by atomic mass is 9.68. The maximum atomic E-state index is 6.53. The molecule has 0 amide bonds. The molecule has 0 aromatic heterocycles. The molecule has 1 aromatic rings. The van der Waals surface area contributed by atoms with E-state index in [1.807, 2.05) is 0 Å². The van der Waals surface area contributed by atoms with E-state index in [9.17, 15) is 0 Å². The van der Waals surface area contributed by atoms with Crippen molar-refractivity contribution in [1.82, 2.24) is 0 Å². The third-order valence-electron chi connectivity index (χ3n) is 5.93. The molecule has 150 valence electrons. The summed E-state index contributed by atoms with van der Waals surface area (Å²) in [5.74, 6) is 1.03. The Labute approximate surface area is 169 Å². The number of halogens is 1. The zero-order valence-corrected chi connectivity index (χ0v) is 19.3. The second-order valence-corrected chi connectivity index (χ2v) is 9.53. The second kappa shape index (κ2) is 11.4. The molecule has 1 heteroatoms. The summed E-state index contributed by atoms with van der Waals surface area (Å²) in [7, 11) is 0. The van der Waals surface area contributed by atoms with Crippen LogP contribution in [0.25, 0.3) is 0 Å². The molecular formula is C25H43Cl. The van der Waals surface area contributed by atoms with Crippen LogP contribution in [0, 0.1) is 0 Å². The van der Waals surface area contributed by atoms with Gasteiger partial charge in [0.2, 0.25) is 0 Å². The van der Waals surface area contributed by atoms with E-state index in [1.165, 1.54) is 68.9 Å². The van der Waals surface area contributed by atoms with Crippen LogP contribution < -0.4 is 0 Å². The highest BCUT2D eigenvalue weighted by Crippen LogP contribution is 2.44. The molecule has 0 saturated heterocycles. The average Bonchev–Trinajstić information content (AvgIpc) is 2.58. The molecule has 0 fully saturated rings. The highest BCUT2D eigenvalue weighted by molar-refractivity contribution is 6.30. The Morgan fingerprint density at radius 2 is 1.19 bits per heavy atom. The molecule has 1 aromatic carbocycles. The Hall–Kier alpha value is -0.490. The van der Waals surface area contributed by atoms with E-state index in [4.69, 9.17) is 11.6 Å². The van der Waals surface area contributed by atoms with Crippen molar-refractivity contribution in [3.8, 4) is 0 Å². The first-order valence-electron chi connectivity index (χ1n) is 11.1. The molecule has 0 heterocycles. The van der Waals surface area contributed by atoms with E-state index in [2.05, 4.69) is 60.6 Å². The van der Waals surface area contributed by atoms with Crippen LogP contribution in [0.2, 0.25) is 5.02 Å². The average molecular weight is 379 g/mol. The van der Waals surface area contributed by atoms with Gasteiger partial charge in [-0.3, -0.25) is 0 Å². The molecule has 1 unspecified atom stereocenters. The van der Waals surface area contributed by atoms with E-state index in [0.29, 0.717) is 11.8 Å². The summed E-state index contributed by atoms with van der Waals surface area (Å²) >= 11 is 6.53. The summed E-state index contributed by atoms with van der Waals surface area (Å²) < 4.78 is 0. The lowest BCUT2D eigenvalue weighted by molar-refractivity contribution is 0.359. The lowest BCUT2D eigenvalue weighted by Gasteiger charge is -2.37. The molecule has 0 saturated carbocycles. The van der Waals surface area contributed by atoms with Crippen LogP contribution in [-0.2, 0) is 5.41 Å². The van der Waals surface area contributed by atoms with Crippen LogP contribution in [0.5, 0.6) is 0 Å². The summed E-state index contributed by atoms with van der Waals surface area (Å²) in [6.45, 7) is 16.4. The number of rotatable bonds is 12. The molecule has 0 aliphatic carbocycles. The fourth-order valence-electron chi connectivity index (χ4n) is 4.34. The van der Waals surface area contributed by atoms with Crippen LogP contribution in [0.1, 0.15) is 135 Å². The molecule has 0 nitrogen and oxygen atoms in total. The molecule has 0 radical (unpaired) electrons. The lowest BCUT2D eigenvalue weighted by Crippen LogP contribution is -2.27. The number of benzene rings is 1. The highest BCUT2D eigenvalue weighted by atomic mass is 35.5. The Balaban J connectivity index is 3.36. The van der Waals surface area contributed by atoms with Gasteiger partial charge in [-0.1, -0.05) is 105 Å². The van der Waals surface area contributed by atoms with Crippen molar-refractivity contribution in [1.29, 1.82) is 0 Å². The Kier molecular flexibility index (Phi) is 10.3. The van der Waals surface area contributed by atoms with Gasteiger partial charge in [0.25, 0.3) is 0 Å². The van der Waals surface area contributed by atoms with Crippen LogP contribution in [0.3, 0.4) is 0 Å².